The number of benzene rings is 10. The number of hydrogen-bond acceptors (Lipinski definition) is 3. The quantitative estimate of drug-likeness (QED) is 0.170. The Morgan fingerprint density at radius 3 is 1.69 bits per heavy atom. The van der Waals surface area contributed by atoms with E-state index in [1.54, 1.807) is 0 Å². The first-order valence-corrected chi connectivity index (χ1v) is 24.1. The third-order valence-corrected chi connectivity index (χ3v) is 16.6. The zero-order valence-corrected chi connectivity index (χ0v) is 37.8. The second-order valence-electron chi connectivity index (χ2n) is 18.0. The summed E-state index contributed by atoms with van der Waals surface area (Å²) in [5.74, 6) is 0. The summed E-state index contributed by atoms with van der Waals surface area (Å²) in [5.41, 5.74) is 15.7. The Balaban J connectivity index is 0.979. The van der Waals surface area contributed by atoms with Gasteiger partial charge in [0.15, 0.2) is 0 Å². The SMILES string of the molecule is CC1(C)c2ccccc2C2(c3ccccc3Sc3c2ccc2ccccc32)c2cc(-c3ccc(N(c4ccc(-c5ccccc5)cc4)c4ccc5c(c4)sc4ccccc45)cc3)ccc21. The van der Waals surface area contributed by atoms with Gasteiger partial charge < -0.3 is 4.90 Å². The molecular formula is C62H43NS2. The highest BCUT2D eigenvalue weighted by molar-refractivity contribution is 7.99. The molecule has 11 aromatic rings. The lowest BCUT2D eigenvalue weighted by Crippen LogP contribution is -2.43. The lowest BCUT2D eigenvalue weighted by atomic mass is 9.54. The molecule has 1 atom stereocenters. The van der Waals surface area contributed by atoms with Crippen LogP contribution in [-0.2, 0) is 10.8 Å². The van der Waals surface area contributed by atoms with Crippen molar-refractivity contribution in [1.82, 2.24) is 0 Å². The second-order valence-corrected chi connectivity index (χ2v) is 20.2. The molecular weight excluding hydrogens is 823 g/mol. The van der Waals surface area contributed by atoms with Crippen LogP contribution in [0.2, 0.25) is 0 Å². The van der Waals surface area contributed by atoms with Crippen molar-refractivity contribution in [3.05, 3.63) is 258 Å². The fraction of sp³-hybridized carbons (Fsp3) is 0.0645. The molecule has 0 N–H and O–H groups in total. The van der Waals surface area contributed by atoms with E-state index in [1.165, 1.54) is 96.4 Å². The van der Waals surface area contributed by atoms with Crippen LogP contribution in [-0.4, -0.2) is 0 Å². The van der Waals surface area contributed by atoms with Gasteiger partial charge in [-0.15, -0.1) is 11.3 Å². The van der Waals surface area contributed by atoms with Crippen molar-refractivity contribution < 1.29 is 0 Å². The van der Waals surface area contributed by atoms with Gasteiger partial charge in [-0.25, -0.2) is 0 Å². The molecule has 3 heteroatoms. The van der Waals surface area contributed by atoms with E-state index in [0.29, 0.717) is 0 Å². The van der Waals surface area contributed by atoms with Gasteiger partial charge in [-0.05, 0) is 121 Å². The van der Waals surface area contributed by atoms with E-state index in [9.17, 15) is 0 Å². The summed E-state index contributed by atoms with van der Waals surface area (Å²) in [6, 6.07) is 84.0. The Labute approximate surface area is 388 Å². The number of anilines is 3. The van der Waals surface area contributed by atoms with Gasteiger partial charge in [0.05, 0.1) is 5.41 Å². The van der Waals surface area contributed by atoms with Crippen LogP contribution >= 0.6 is 23.1 Å². The summed E-state index contributed by atoms with van der Waals surface area (Å²) < 4.78 is 2.60. The predicted octanol–water partition coefficient (Wildman–Crippen LogP) is 17.5. The highest BCUT2D eigenvalue weighted by Crippen LogP contribution is 2.62. The van der Waals surface area contributed by atoms with E-state index in [1.807, 2.05) is 23.1 Å². The van der Waals surface area contributed by atoms with Gasteiger partial charge in [-0.2, -0.15) is 0 Å². The molecule has 0 radical (unpaired) electrons. The fourth-order valence-corrected chi connectivity index (χ4v) is 13.6. The third kappa shape index (κ3) is 5.79. The first-order chi connectivity index (χ1) is 32.0. The van der Waals surface area contributed by atoms with E-state index in [0.717, 1.165) is 17.1 Å². The molecule has 13 rings (SSSR count). The molecule has 1 spiro atoms. The molecule has 65 heavy (non-hydrogen) atoms. The average molecular weight is 866 g/mol. The molecule has 0 bridgehead atoms. The van der Waals surface area contributed by atoms with Gasteiger partial charge in [0.1, 0.15) is 0 Å². The maximum Gasteiger partial charge on any atom is 0.0729 e. The second kappa shape index (κ2) is 14.7. The van der Waals surface area contributed by atoms with E-state index in [2.05, 4.69) is 243 Å². The standard InChI is InChI=1S/C62H43NS2/c1-61(2)51-19-9-10-20-53(51)62(54-21-11-13-23-58(54)65-60-48-17-7-6-16-43(48)28-37-55(60)62)56-38-44(29-36-52(56)61)42-26-32-46(33-27-42)63(45-30-24-41(25-31-45)40-14-4-3-5-15-40)47-34-35-50-49-18-8-12-22-57(49)64-59(50)39-47/h3-39H,1-2H3. The van der Waals surface area contributed by atoms with Gasteiger partial charge in [0, 0.05) is 52.4 Å². The monoisotopic (exact) mass is 865 g/mol. The molecule has 1 aromatic heterocycles. The molecule has 10 aromatic carbocycles. The van der Waals surface area contributed by atoms with Crippen LogP contribution in [0.3, 0.4) is 0 Å². The molecule has 0 saturated carbocycles. The van der Waals surface area contributed by atoms with Gasteiger partial charge in [0.25, 0.3) is 0 Å². The van der Waals surface area contributed by atoms with Crippen molar-refractivity contribution in [2.45, 2.75) is 34.5 Å². The van der Waals surface area contributed by atoms with E-state index in [4.69, 9.17) is 0 Å². The fourth-order valence-electron chi connectivity index (χ4n) is 11.1. The van der Waals surface area contributed by atoms with E-state index < -0.39 is 5.41 Å². The molecule has 0 saturated heterocycles. The maximum atomic E-state index is 2.53. The number of thiophene rings is 1. The van der Waals surface area contributed by atoms with Gasteiger partial charge in [-0.3, -0.25) is 0 Å². The molecule has 308 valence electrons. The number of fused-ring (bicyclic) bond motifs is 13. The van der Waals surface area contributed by atoms with E-state index >= 15 is 0 Å². The summed E-state index contributed by atoms with van der Waals surface area (Å²) in [7, 11) is 0. The Morgan fingerprint density at radius 1 is 0.354 bits per heavy atom. The Hall–Kier alpha value is -7.17. The highest BCUT2D eigenvalue weighted by atomic mass is 32.2. The predicted molar refractivity (Wildman–Crippen MR) is 277 cm³/mol. The third-order valence-electron chi connectivity index (χ3n) is 14.2. The van der Waals surface area contributed by atoms with Crippen molar-refractivity contribution in [3.63, 3.8) is 0 Å². The number of hydrogen-bond donors (Lipinski definition) is 0. The average Bonchev–Trinajstić information content (AvgIpc) is 3.74. The lowest BCUT2D eigenvalue weighted by molar-refractivity contribution is 0.550. The van der Waals surface area contributed by atoms with Crippen molar-refractivity contribution in [1.29, 1.82) is 0 Å². The molecule has 1 aliphatic heterocycles. The van der Waals surface area contributed by atoms with Crippen LogP contribution in [0.25, 0.3) is 53.2 Å². The van der Waals surface area contributed by atoms with Gasteiger partial charge in [0.2, 0.25) is 0 Å². The molecule has 2 heterocycles. The summed E-state index contributed by atoms with van der Waals surface area (Å²) in [4.78, 5) is 5.07. The smallest absolute Gasteiger partial charge is 0.0729 e. The summed E-state index contributed by atoms with van der Waals surface area (Å²) in [6.07, 6.45) is 0. The summed E-state index contributed by atoms with van der Waals surface area (Å²) in [6.45, 7) is 4.82. The number of rotatable bonds is 5. The minimum atomic E-state index is -0.507. The zero-order valence-electron chi connectivity index (χ0n) is 36.1. The minimum Gasteiger partial charge on any atom is -0.310 e. The topological polar surface area (TPSA) is 3.24 Å². The molecule has 2 aliphatic rings. The Bertz CT molecular complexity index is 3660. The van der Waals surface area contributed by atoms with Crippen LogP contribution in [0.1, 0.15) is 47.2 Å². The Kier molecular flexibility index (Phi) is 8.65. The van der Waals surface area contributed by atoms with Gasteiger partial charge >= 0.3 is 0 Å². The Morgan fingerprint density at radius 2 is 0.908 bits per heavy atom. The van der Waals surface area contributed by atoms with Crippen LogP contribution in [0.4, 0.5) is 17.1 Å². The van der Waals surface area contributed by atoms with Crippen LogP contribution in [0, 0.1) is 0 Å². The van der Waals surface area contributed by atoms with Crippen LogP contribution < -0.4 is 4.90 Å². The molecule has 0 amide bonds. The van der Waals surface area contributed by atoms with Gasteiger partial charge in [-0.1, -0.05) is 195 Å². The summed E-state index contributed by atoms with van der Waals surface area (Å²) >= 11 is 3.79. The van der Waals surface area contributed by atoms with Crippen molar-refractivity contribution >= 4 is 71.1 Å². The van der Waals surface area contributed by atoms with Crippen molar-refractivity contribution in [2.75, 3.05) is 4.90 Å². The molecule has 1 aliphatic carbocycles. The lowest BCUT2D eigenvalue weighted by Gasteiger charge is -2.50. The van der Waals surface area contributed by atoms with Crippen LogP contribution in [0.15, 0.2) is 234 Å². The first-order valence-electron chi connectivity index (χ1n) is 22.5. The van der Waals surface area contributed by atoms with Crippen molar-refractivity contribution in [3.8, 4) is 22.3 Å². The number of nitrogens with zero attached hydrogens (tertiary/aromatic N) is 1. The normalized spacial score (nSPS) is 15.7. The largest absolute Gasteiger partial charge is 0.310 e. The van der Waals surface area contributed by atoms with Crippen molar-refractivity contribution in [2.24, 2.45) is 0 Å². The zero-order chi connectivity index (χ0) is 43.3. The molecule has 1 unspecified atom stereocenters. The van der Waals surface area contributed by atoms with E-state index in [-0.39, 0.29) is 5.41 Å². The van der Waals surface area contributed by atoms with Crippen LogP contribution in [0.5, 0.6) is 0 Å². The molecule has 1 nitrogen and oxygen atoms in total. The summed E-state index contributed by atoms with van der Waals surface area (Å²) in [5, 5.41) is 5.20. The highest BCUT2D eigenvalue weighted by Gasteiger charge is 2.52. The molecule has 0 fully saturated rings. The maximum absolute atomic E-state index is 2.53. The first kappa shape index (κ1) is 38.3. The minimum absolute atomic E-state index is 0.206.